The molecule has 1 amide bonds. The molecule has 3 rings (SSSR count). The van der Waals surface area contributed by atoms with E-state index in [0.29, 0.717) is 24.7 Å². The van der Waals surface area contributed by atoms with Gasteiger partial charge in [-0.3, -0.25) is 14.8 Å². The van der Waals surface area contributed by atoms with Crippen molar-refractivity contribution in [2.45, 2.75) is 51.5 Å². The molecule has 0 aliphatic heterocycles. The van der Waals surface area contributed by atoms with E-state index in [-0.39, 0.29) is 5.91 Å². The van der Waals surface area contributed by atoms with Crippen LogP contribution in [-0.4, -0.2) is 31.6 Å². The van der Waals surface area contributed by atoms with Crippen molar-refractivity contribution >= 4 is 40.0 Å². The molecular formula is C26H32IN3O2. The van der Waals surface area contributed by atoms with Crippen molar-refractivity contribution < 1.29 is 9.53 Å². The number of hydrogen-bond acceptors (Lipinski definition) is 4. The normalized spacial score (nSPS) is 15.5. The number of hydrogen-bond donors (Lipinski definition) is 1. The third kappa shape index (κ3) is 7.73. The highest BCUT2D eigenvalue weighted by molar-refractivity contribution is 14.1. The monoisotopic (exact) mass is 545 g/mol. The van der Waals surface area contributed by atoms with Crippen LogP contribution in [0.3, 0.4) is 0 Å². The van der Waals surface area contributed by atoms with Crippen LogP contribution in [0.1, 0.15) is 49.7 Å². The minimum atomic E-state index is -0.0624. The standard InChI is InChI=1S/C26H32IN3O2/c1-28-26(30-25(31)17-20-8-12-22(27)13-9-20)24(16-19-6-4-3-5-7-19)29-18-21-10-14-23(32-2)15-11-21/h8-15,19H,3-7,16-18H2,1-2H3,(H,28,30,31). The highest BCUT2D eigenvalue weighted by atomic mass is 127. The molecule has 0 unspecified atom stereocenters. The summed E-state index contributed by atoms with van der Waals surface area (Å²) >= 11 is 2.27. The Kier molecular flexibility index (Phi) is 9.71. The molecule has 0 aromatic heterocycles. The molecular weight excluding hydrogens is 513 g/mol. The molecule has 5 nitrogen and oxygen atoms in total. The Hall–Kier alpha value is -2.22. The first-order valence-corrected chi connectivity index (χ1v) is 12.3. The van der Waals surface area contributed by atoms with E-state index in [4.69, 9.17) is 9.73 Å². The van der Waals surface area contributed by atoms with E-state index >= 15 is 0 Å². The van der Waals surface area contributed by atoms with Crippen molar-refractivity contribution in [2.24, 2.45) is 15.9 Å². The molecule has 2 aromatic carbocycles. The molecule has 0 radical (unpaired) electrons. The second-order valence-corrected chi connectivity index (χ2v) is 9.49. The van der Waals surface area contributed by atoms with Crippen LogP contribution in [-0.2, 0) is 17.8 Å². The smallest absolute Gasteiger partial charge is 0.229 e. The number of amides is 1. The number of nitrogens with zero attached hydrogens (tertiary/aromatic N) is 2. The van der Waals surface area contributed by atoms with Crippen molar-refractivity contribution in [2.75, 3.05) is 14.2 Å². The fourth-order valence-corrected chi connectivity index (χ4v) is 4.40. The van der Waals surface area contributed by atoms with Gasteiger partial charge in [0, 0.05) is 10.6 Å². The zero-order valence-corrected chi connectivity index (χ0v) is 21.1. The van der Waals surface area contributed by atoms with E-state index in [9.17, 15) is 4.79 Å². The van der Waals surface area contributed by atoms with Crippen molar-refractivity contribution in [1.82, 2.24) is 5.32 Å². The first-order chi connectivity index (χ1) is 15.6. The summed E-state index contributed by atoms with van der Waals surface area (Å²) in [7, 11) is 3.39. The lowest BCUT2D eigenvalue weighted by Crippen LogP contribution is -2.38. The Labute approximate surface area is 204 Å². The molecule has 0 saturated heterocycles. The predicted octanol–water partition coefficient (Wildman–Crippen LogP) is 5.60. The highest BCUT2D eigenvalue weighted by Crippen LogP contribution is 2.27. The minimum absolute atomic E-state index is 0.0624. The van der Waals surface area contributed by atoms with Gasteiger partial charge in [0.2, 0.25) is 5.91 Å². The fourth-order valence-electron chi connectivity index (χ4n) is 4.04. The summed E-state index contributed by atoms with van der Waals surface area (Å²) in [4.78, 5) is 22.1. The van der Waals surface area contributed by atoms with E-state index in [1.165, 1.54) is 32.1 Å². The first-order valence-electron chi connectivity index (χ1n) is 11.2. The molecule has 0 heterocycles. The zero-order valence-electron chi connectivity index (χ0n) is 18.9. The van der Waals surface area contributed by atoms with Gasteiger partial charge >= 0.3 is 0 Å². The van der Waals surface area contributed by atoms with Gasteiger partial charge in [-0.1, -0.05) is 56.4 Å². The lowest BCUT2D eigenvalue weighted by Gasteiger charge is -2.23. The summed E-state index contributed by atoms with van der Waals surface area (Å²) < 4.78 is 6.40. The van der Waals surface area contributed by atoms with Crippen molar-refractivity contribution in [3.8, 4) is 5.75 Å². The zero-order chi connectivity index (χ0) is 22.8. The van der Waals surface area contributed by atoms with Crippen LogP contribution in [0, 0.1) is 9.49 Å². The Morgan fingerprint density at radius 1 is 1.03 bits per heavy atom. The van der Waals surface area contributed by atoms with Gasteiger partial charge in [-0.25, -0.2) is 0 Å². The number of nitrogens with one attached hydrogen (secondary N) is 1. The van der Waals surface area contributed by atoms with Crippen LogP contribution in [0.25, 0.3) is 0 Å². The number of aliphatic imine (C=N–C) groups is 2. The van der Waals surface area contributed by atoms with Gasteiger partial charge in [0.15, 0.2) is 0 Å². The lowest BCUT2D eigenvalue weighted by atomic mass is 9.85. The van der Waals surface area contributed by atoms with Crippen molar-refractivity contribution in [3.63, 3.8) is 0 Å². The second kappa shape index (κ2) is 12.7. The van der Waals surface area contributed by atoms with Crippen molar-refractivity contribution in [3.05, 3.63) is 63.2 Å². The summed E-state index contributed by atoms with van der Waals surface area (Å²) in [6.45, 7) is 0.554. The molecule has 1 aliphatic carbocycles. The Morgan fingerprint density at radius 3 is 2.31 bits per heavy atom. The number of carbonyl (C=O) groups is 1. The van der Waals surface area contributed by atoms with Gasteiger partial charge in [-0.05, 0) is 70.3 Å². The molecule has 32 heavy (non-hydrogen) atoms. The molecule has 1 fully saturated rings. The highest BCUT2D eigenvalue weighted by Gasteiger charge is 2.20. The second-order valence-electron chi connectivity index (χ2n) is 8.24. The molecule has 1 aliphatic rings. The lowest BCUT2D eigenvalue weighted by molar-refractivity contribution is -0.119. The average molecular weight is 545 g/mol. The summed E-state index contributed by atoms with van der Waals surface area (Å²) in [5.74, 6) is 1.97. The summed E-state index contributed by atoms with van der Waals surface area (Å²) in [6.07, 6.45) is 7.47. The van der Waals surface area contributed by atoms with Crippen LogP contribution in [0.2, 0.25) is 0 Å². The number of ether oxygens (including phenoxy) is 1. The van der Waals surface area contributed by atoms with Gasteiger partial charge < -0.3 is 10.1 Å². The molecule has 1 saturated carbocycles. The average Bonchev–Trinajstić information content (AvgIpc) is 2.83. The SMILES string of the molecule is CN=C(NC(=O)Cc1ccc(I)cc1)C(CC1CCCCC1)=NCc1ccc(OC)cc1. The third-order valence-corrected chi connectivity index (χ3v) is 6.57. The summed E-state index contributed by atoms with van der Waals surface area (Å²) in [6, 6.07) is 16.0. The molecule has 1 N–H and O–H groups in total. The third-order valence-electron chi connectivity index (χ3n) is 5.85. The van der Waals surface area contributed by atoms with E-state index in [1.807, 2.05) is 48.5 Å². The molecule has 6 heteroatoms. The maximum atomic E-state index is 12.7. The summed E-state index contributed by atoms with van der Waals surface area (Å²) in [5, 5.41) is 3.03. The van der Waals surface area contributed by atoms with Crippen LogP contribution in [0.5, 0.6) is 5.75 Å². The number of methoxy groups -OCH3 is 1. The van der Waals surface area contributed by atoms with Crippen molar-refractivity contribution in [1.29, 1.82) is 0 Å². The number of amidine groups is 1. The Morgan fingerprint density at radius 2 is 1.69 bits per heavy atom. The number of halogens is 1. The van der Waals surface area contributed by atoms with Crippen LogP contribution < -0.4 is 10.1 Å². The maximum Gasteiger partial charge on any atom is 0.229 e. The Bertz CT molecular complexity index is 931. The molecule has 170 valence electrons. The predicted molar refractivity (Wildman–Crippen MR) is 140 cm³/mol. The molecule has 0 bridgehead atoms. The fraction of sp³-hybridized carbons (Fsp3) is 0.423. The maximum absolute atomic E-state index is 12.7. The van der Waals surface area contributed by atoms with Gasteiger partial charge in [0.1, 0.15) is 11.6 Å². The van der Waals surface area contributed by atoms with Gasteiger partial charge in [0.05, 0.1) is 25.8 Å². The van der Waals surface area contributed by atoms with Crippen LogP contribution >= 0.6 is 22.6 Å². The quantitative estimate of drug-likeness (QED) is 0.267. The first kappa shape index (κ1) is 24.4. The summed E-state index contributed by atoms with van der Waals surface area (Å²) in [5.41, 5.74) is 2.99. The van der Waals surface area contributed by atoms with Crippen LogP contribution in [0.15, 0.2) is 58.5 Å². The Balaban J connectivity index is 1.72. The molecule has 0 atom stereocenters. The van der Waals surface area contributed by atoms with Crippen LogP contribution in [0.4, 0.5) is 0 Å². The van der Waals surface area contributed by atoms with E-state index in [0.717, 1.165) is 32.6 Å². The van der Waals surface area contributed by atoms with Gasteiger partial charge in [-0.15, -0.1) is 0 Å². The topological polar surface area (TPSA) is 63.0 Å². The number of carbonyl (C=O) groups excluding carboxylic acids is 1. The minimum Gasteiger partial charge on any atom is -0.497 e. The van der Waals surface area contributed by atoms with E-state index in [2.05, 4.69) is 32.9 Å². The number of rotatable bonds is 8. The number of benzene rings is 2. The molecule has 2 aromatic rings. The molecule has 0 spiro atoms. The van der Waals surface area contributed by atoms with E-state index in [1.54, 1.807) is 14.2 Å². The van der Waals surface area contributed by atoms with Gasteiger partial charge in [-0.2, -0.15) is 0 Å². The largest absolute Gasteiger partial charge is 0.497 e. The van der Waals surface area contributed by atoms with E-state index < -0.39 is 0 Å². The van der Waals surface area contributed by atoms with Gasteiger partial charge in [0.25, 0.3) is 0 Å².